The molecule has 6 nitrogen and oxygen atoms in total. The topological polar surface area (TPSA) is 91.3 Å². The van der Waals surface area contributed by atoms with Crippen LogP contribution in [0.15, 0.2) is 5.38 Å². The van der Waals surface area contributed by atoms with Gasteiger partial charge in [-0.1, -0.05) is 0 Å². The van der Waals surface area contributed by atoms with Gasteiger partial charge in [-0.15, -0.1) is 11.3 Å². The Labute approximate surface area is 122 Å². The third-order valence-corrected chi connectivity index (χ3v) is 3.37. The van der Waals surface area contributed by atoms with Gasteiger partial charge in [-0.2, -0.15) is 13.2 Å². The van der Waals surface area contributed by atoms with E-state index in [0.29, 0.717) is 5.69 Å². The lowest BCUT2D eigenvalue weighted by Crippen LogP contribution is -2.43. The SMILES string of the molecule is Cc1csc(C(NC(=O)NCCCC(=O)O)C(F)(F)F)n1. The first-order valence-electron chi connectivity index (χ1n) is 5.95. The Morgan fingerprint density at radius 2 is 2.14 bits per heavy atom. The van der Waals surface area contributed by atoms with Gasteiger partial charge in [-0.3, -0.25) is 4.79 Å². The second kappa shape index (κ2) is 7.25. The molecule has 0 aliphatic carbocycles. The van der Waals surface area contributed by atoms with Gasteiger partial charge in [0, 0.05) is 24.0 Å². The van der Waals surface area contributed by atoms with E-state index < -0.39 is 24.2 Å². The summed E-state index contributed by atoms with van der Waals surface area (Å²) in [4.78, 5) is 25.4. The van der Waals surface area contributed by atoms with Crippen molar-refractivity contribution in [2.24, 2.45) is 0 Å². The Morgan fingerprint density at radius 1 is 1.48 bits per heavy atom. The van der Waals surface area contributed by atoms with Crippen molar-refractivity contribution in [2.45, 2.75) is 32.0 Å². The predicted molar refractivity (Wildman–Crippen MR) is 69.1 cm³/mol. The summed E-state index contributed by atoms with van der Waals surface area (Å²) in [5.41, 5.74) is 0.438. The Kier molecular flexibility index (Phi) is 5.94. The monoisotopic (exact) mass is 325 g/mol. The number of carbonyl (C=O) groups is 2. The number of aromatic nitrogens is 1. The highest BCUT2D eigenvalue weighted by Crippen LogP contribution is 2.34. The summed E-state index contributed by atoms with van der Waals surface area (Å²) in [6, 6.07) is -3.20. The number of aliphatic carboxylic acids is 1. The molecule has 1 unspecified atom stereocenters. The molecule has 0 fully saturated rings. The van der Waals surface area contributed by atoms with Gasteiger partial charge in [0.05, 0.1) is 0 Å². The van der Waals surface area contributed by atoms with Gasteiger partial charge < -0.3 is 15.7 Å². The average molecular weight is 325 g/mol. The van der Waals surface area contributed by atoms with E-state index in [2.05, 4.69) is 10.3 Å². The van der Waals surface area contributed by atoms with Gasteiger partial charge in [0.1, 0.15) is 5.01 Å². The summed E-state index contributed by atoms with van der Waals surface area (Å²) in [6.07, 6.45) is -4.70. The van der Waals surface area contributed by atoms with Crippen molar-refractivity contribution >= 4 is 23.3 Å². The minimum absolute atomic E-state index is 0.0282. The summed E-state index contributed by atoms with van der Waals surface area (Å²) >= 11 is 0.807. The fraction of sp³-hybridized carbons (Fsp3) is 0.545. The number of hydrogen-bond acceptors (Lipinski definition) is 4. The summed E-state index contributed by atoms with van der Waals surface area (Å²) in [5, 5.41) is 13.6. The molecular weight excluding hydrogens is 311 g/mol. The highest BCUT2D eigenvalue weighted by Gasteiger charge is 2.43. The van der Waals surface area contributed by atoms with Crippen molar-refractivity contribution in [1.29, 1.82) is 0 Å². The van der Waals surface area contributed by atoms with E-state index in [1.54, 1.807) is 12.2 Å². The van der Waals surface area contributed by atoms with Gasteiger partial charge in [-0.25, -0.2) is 9.78 Å². The molecule has 1 heterocycles. The molecule has 0 radical (unpaired) electrons. The molecule has 3 N–H and O–H groups in total. The summed E-state index contributed by atoms with van der Waals surface area (Å²) in [5.74, 6) is -1.04. The number of amides is 2. The molecule has 0 bridgehead atoms. The van der Waals surface area contributed by atoms with Crippen LogP contribution < -0.4 is 10.6 Å². The van der Waals surface area contributed by atoms with Crippen LogP contribution in [-0.4, -0.2) is 34.8 Å². The predicted octanol–water partition coefficient (Wildman–Crippen LogP) is 2.22. The van der Waals surface area contributed by atoms with Crippen molar-refractivity contribution in [1.82, 2.24) is 15.6 Å². The molecule has 1 aromatic rings. The van der Waals surface area contributed by atoms with Gasteiger partial charge in [0.15, 0.2) is 6.04 Å². The van der Waals surface area contributed by atoms with Crippen molar-refractivity contribution < 1.29 is 27.9 Å². The lowest BCUT2D eigenvalue weighted by Gasteiger charge is -2.19. The molecule has 1 aromatic heterocycles. The van der Waals surface area contributed by atoms with Crippen LogP contribution in [0.3, 0.4) is 0 Å². The minimum atomic E-state index is -4.66. The Bertz CT molecular complexity index is 504. The summed E-state index contributed by atoms with van der Waals surface area (Å²) in [7, 11) is 0. The zero-order valence-corrected chi connectivity index (χ0v) is 11.8. The lowest BCUT2D eigenvalue weighted by molar-refractivity contribution is -0.155. The molecule has 0 aliphatic rings. The first-order valence-corrected chi connectivity index (χ1v) is 6.83. The van der Waals surface area contributed by atoms with Crippen LogP contribution in [0.2, 0.25) is 0 Å². The zero-order chi connectivity index (χ0) is 16.0. The maximum Gasteiger partial charge on any atom is 0.415 e. The molecule has 21 heavy (non-hydrogen) atoms. The zero-order valence-electron chi connectivity index (χ0n) is 11.0. The van der Waals surface area contributed by atoms with Crippen LogP contribution in [0.4, 0.5) is 18.0 Å². The van der Waals surface area contributed by atoms with Crippen molar-refractivity contribution in [3.8, 4) is 0 Å². The standard InChI is InChI=1S/C11H14F3N3O3S/c1-6-5-21-9(16-6)8(11(12,13)14)17-10(20)15-4-2-3-7(18)19/h5,8H,2-4H2,1H3,(H,18,19)(H2,15,17,20). The molecule has 10 heteroatoms. The lowest BCUT2D eigenvalue weighted by atomic mass is 10.3. The smallest absolute Gasteiger partial charge is 0.415 e. The molecule has 0 saturated heterocycles. The van der Waals surface area contributed by atoms with Crippen LogP contribution in [0.5, 0.6) is 0 Å². The van der Waals surface area contributed by atoms with E-state index >= 15 is 0 Å². The Morgan fingerprint density at radius 3 is 2.62 bits per heavy atom. The highest BCUT2D eigenvalue weighted by molar-refractivity contribution is 7.09. The normalized spacial score (nSPS) is 12.8. The second-order valence-corrected chi connectivity index (χ2v) is 5.09. The number of urea groups is 1. The molecule has 1 rings (SSSR count). The van der Waals surface area contributed by atoms with E-state index in [9.17, 15) is 22.8 Å². The molecule has 0 aliphatic heterocycles. The van der Waals surface area contributed by atoms with Crippen LogP contribution in [-0.2, 0) is 4.79 Å². The quantitative estimate of drug-likeness (QED) is 0.699. The van der Waals surface area contributed by atoms with E-state index in [0.717, 1.165) is 11.3 Å². The molecule has 0 spiro atoms. The Hall–Kier alpha value is -1.84. The number of carbonyl (C=O) groups excluding carboxylic acids is 1. The molecule has 118 valence electrons. The number of halogens is 3. The summed E-state index contributed by atoms with van der Waals surface area (Å²) in [6.45, 7) is 1.53. The van der Waals surface area contributed by atoms with E-state index in [1.165, 1.54) is 5.38 Å². The van der Waals surface area contributed by atoms with Gasteiger partial charge >= 0.3 is 18.2 Å². The number of carboxylic acid groups (broad SMARTS) is 1. The maximum absolute atomic E-state index is 12.9. The van der Waals surface area contributed by atoms with Crippen LogP contribution >= 0.6 is 11.3 Å². The van der Waals surface area contributed by atoms with E-state index in [4.69, 9.17) is 5.11 Å². The largest absolute Gasteiger partial charge is 0.481 e. The number of alkyl halides is 3. The van der Waals surface area contributed by atoms with Crippen molar-refractivity contribution in [2.75, 3.05) is 6.54 Å². The third-order valence-electron chi connectivity index (χ3n) is 2.34. The number of hydrogen-bond donors (Lipinski definition) is 3. The Balaban J connectivity index is 2.58. The maximum atomic E-state index is 12.9. The van der Waals surface area contributed by atoms with Gasteiger partial charge in [0.25, 0.3) is 0 Å². The molecule has 1 atom stereocenters. The minimum Gasteiger partial charge on any atom is -0.481 e. The molecule has 0 aromatic carbocycles. The van der Waals surface area contributed by atoms with E-state index in [1.807, 2.05) is 0 Å². The fourth-order valence-electron chi connectivity index (χ4n) is 1.41. The van der Waals surface area contributed by atoms with Gasteiger partial charge in [0.2, 0.25) is 0 Å². The van der Waals surface area contributed by atoms with Crippen LogP contribution in [0, 0.1) is 6.92 Å². The number of rotatable bonds is 6. The second-order valence-electron chi connectivity index (χ2n) is 4.20. The number of thiazole rings is 1. The number of carboxylic acids is 1. The molecule has 2 amide bonds. The fourth-order valence-corrected chi connectivity index (χ4v) is 2.28. The number of nitrogens with zero attached hydrogens (tertiary/aromatic N) is 1. The van der Waals surface area contributed by atoms with Crippen molar-refractivity contribution in [3.05, 3.63) is 16.1 Å². The van der Waals surface area contributed by atoms with Crippen molar-refractivity contribution in [3.63, 3.8) is 0 Å². The summed E-state index contributed by atoms with van der Waals surface area (Å²) < 4.78 is 38.7. The third kappa shape index (κ3) is 5.98. The van der Waals surface area contributed by atoms with Gasteiger partial charge in [-0.05, 0) is 13.3 Å². The number of nitrogens with one attached hydrogen (secondary N) is 2. The van der Waals surface area contributed by atoms with Crippen LogP contribution in [0.25, 0.3) is 0 Å². The average Bonchev–Trinajstić information content (AvgIpc) is 2.76. The van der Waals surface area contributed by atoms with E-state index in [-0.39, 0.29) is 24.4 Å². The molecular formula is C11H14F3N3O3S. The highest BCUT2D eigenvalue weighted by atomic mass is 32.1. The first kappa shape index (κ1) is 17.2. The molecule has 0 saturated carbocycles. The van der Waals surface area contributed by atoms with Crippen LogP contribution in [0.1, 0.15) is 29.6 Å². The first-order chi connectivity index (χ1) is 9.70. The number of aryl methyl sites for hydroxylation is 1.